The number of carbonyl (C=O) groups excluding carboxylic acids is 1. The zero-order valence-electron chi connectivity index (χ0n) is 21.0. The number of nitrogens with two attached hydrogens (primary N) is 1. The average Bonchev–Trinajstić information content (AvgIpc) is 3.20. The third kappa shape index (κ3) is 4.15. The maximum atomic E-state index is 12.0. The molecule has 10 nitrogen and oxygen atoms in total. The van der Waals surface area contributed by atoms with Crippen LogP contribution >= 0.6 is 0 Å². The fourth-order valence-electron chi connectivity index (χ4n) is 5.79. The number of ether oxygens (including phenoxy) is 2. The predicted octanol–water partition coefficient (Wildman–Crippen LogP) is 3.15. The molecule has 0 atom stereocenters. The van der Waals surface area contributed by atoms with E-state index in [2.05, 4.69) is 37.2 Å². The molecule has 1 amide bonds. The van der Waals surface area contributed by atoms with Crippen molar-refractivity contribution in [1.29, 1.82) is 0 Å². The van der Waals surface area contributed by atoms with E-state index < -0.39 is 0 Å². The summed E-state index contributed by atoms with van der Waals surface area (Å²) in [6.45, 7) is 6.37. The minimum atomic E-state index is 0.0261. The number of allylic oxidation sites excluding steroid dienone is 2. The summed E-state index contributed by atoms with van der Waals surface area (Å²) in [5.74, 6) is 1.61. The Balaban J connectivity index is 1.34. The van der Waals surface area contributed by atoms with Gasteiger partial charge in [0.2, 0.25) is 5.91 Å². The summed E-state index contributed by atoms with van der Waals surface area (Å²) in [6, 6.07) is 0. The summed E-state index contributed by atoms with van der Waals surface area (Å²) >= 11 is 0. The quantitative estimate of drug-likeness (QED) is 0.529. The van der Waals surface area contributed by atoms with Crippen molar-refractivity contribution in [2.75, 3.05) is 32.0 Å². The van der Waals surface area contributed by atoms with Gasteiger partial charge in [0.1, 0.15) is 23.9 Å². The molecular weight excluding hydrogens is 470 g/mol. The third-order valence-corrected chi connectivity index (χ3v) is 8.08. The van der Waals surface area contributed by atoms with Gasteiger partial charge in [-0.05, 0) is 49.2 Å². The smallest absolute Gasteiger partial charge is 0.245 e. The topological polar surface area (TPSA) is 121 Å². The monoisotopic (exact) mass is 501 g/mol. The molecule has 3 aromatic rings. The number of anilines is 1. The second-order valence-corrected chi connectivity index (χ2v) is 10.2. The van der Waals surface area contributed by atoms with Crippen LogP contribution in [-0.2, 0) is 16.6 Å². The molecule has 0 radical (unpaired) electrons. The van der Waals surface area contributed by atoms with Crippen LogP contribution in [0.25, 0.3) is 28.0 Å². The lowest BCUT2D eigenvalue weighted by molar-refractivity contribution is -0.128. The summed E-state index contributed by atoms with van der Waals surface area (Å²) in [6.07, 6.45) is 13.7. The molecule has 1 aliphatic carbocycles. The second-order valence-electron chi connectivity index (χ2n) is 10.2. The number of hydrogen-bond acceptors (Lipinski definition) is 8. The Morgan fingerprint density at radius 2 is 1.95 bits per heavy atom. The Labute approximate surface area is 215 Å². The van der Waals surface area contributed by atoms with Crippen molar-refractivity contribution in [3.05, 3.63) is 43.1 Å². The number of likely N-dealkylation sites (tertiary alicyclic amines) is 1. The molecule has 3 aromatic heterocycles. The van der Waals surface area contributed by atoms with E-state index in [1.807, 2.05) is 11.9 Å². The number of nitrogen functional groups attached to an aromatic ring is 1. The van der Waals surface area contributed by atoms with Gasteiger partial charge in [-0.2, -0.15) is 0 Å². The van der Waals surface area contributed by atoms with Crippen molar-refractivity contribution in [2.45, 2.75) is 38.2 Å². The first-order chi connectivity index (χ1) is 18.0. The molecule has 2 fully saturated rings. The fourth-order valence-corrected chi connectivity index (χ4v) is 5.79. The van der Waals surface area contributed by atoms with E-state index in [0.29, 0.717) is 30.6 Å². The van der Waals surface area contributed by atoms with Crippen molar-refractivity contribution < 1.29 is 14.3 Å². The van der Waals surface area contributed by atoms with Gasteiger partial charge in [-0.25, -0.2) is 19.9 Å². The van der Waals surface area contributed by atoms with E-state index >= 15 is 0 Å². The maximum absolute atomic E-state index is 12.0. The molecule has 0 bridgehead atoms. The number of rotatable bonds is 5. The van der Waals surface area contributed by atoms with Crippen LogP contribution in [-0.4, -0.2) is 67.7 Å². The van der Waals surface area contributed by atoms with Gasteiger partial charge in [-0.15, -0.1) is 0 Å². The van der Waals surface area contributed by atoms with Crippen molar-refractivity contribution in [2.24, 2.45) is 12.5 Å². The SMILES string of the molecule is C=CC(=O)N1CCC2(CC=C(c3c(-c4ncc(OC5COC5)cn4)c4c(N)ncnc4n3C)CC2)CC1. The highest BCUT2D eigenvalue weighted by atomic mass is 16.6. The standard InChI is InChI=1S/C27H31N7O3/c1-3-20(35)34-10-8-27(9-11-34)6-4-17(5-7-27)23-21(22-24(28)31-16-32-26(22)33(23)2)25-29-12-18(13-30-25)37-19-14-36-15-19/h3-4,12-13,16,19H,1,5-11,14-15H2,2H3,(H2,28,31,32). The molecular formula is C27H31N7O3. The summed E-state index contributed by atoms with van der Waals surface area (Å²) in [5, 5.41) is 0.762. The van der Waals surface area contributed by atoms with E-state index in [1.165, 1.54) is 18.0 Å². The number of carbonyl (C=O) groups is 1. The first-order valence-corrected chi connectivity index (χ1v) is 12.7. The number of aromatic nitrogens is 5. The van der Waals surface area contributed by atoms with Crippen LogP contribution in [0.15, 0.2) is 37.5 Å². The molecule has 6 rings (SSSR count). The molecule has 2 N–H and O–H groups in total. The highest BCUT2D eigenvalue weighted by Crippen LogP contribution is 2.48. The van der Waals surface area contributed by atoms with Gasteiger partial charge >= 0.3 is 0 Å². The van der Waals surface area contributed by atoms with Crippen LogP contribution in [0.5, 0.6) is 5.75 Å². The van der Waals surface area contributed by atoms with Crippen LogP contribution in [0, 0.1) is 5.41 Å². The summed E-state index contributed by atoms with van der Waals surface area (Å²) < 4.78 is 13.1. The van der Waals surface area contributed by atoms with E-state index in [-0.39, 0.29) is 17.4 Å². The second kappa shape index (κ2) is 9.26. The van der Waals surface area contributed by atoms with Gasteiger partial charge < -0.3 is 24.7 Å². The normalized spacial score (nSPS) is 19.5. The molecule has 0 saturated carbocycles. The van der Waals surface area contributed by atoms with Gasteiger partial charge in [-0.1, -0.05) is 12.7 Å². The van der Waals surface area contributed by atoms with E-state index in [0.717, 1.165) is 67.5 Å². The molecule has 5 heterocycles. The Bertz CT molecular complexity index is 1380. The van der Waals surface area contributed by atoms with Crippen LogP contribution < -0.4 is 10.5 Å². The highest BCUT2D eigenvalue weighted by Gasteiger charge is 2.37. The zero-order valence-corrected chi connectivity index (χ0v) is 21.0. The van der Waals surface area contributed by atoms with Gasteiger partial charge in [0.05, 0.1) is 42.3 Å². The van der Waals surface area contributed by atoms with E-state index in [9.17, 15) is 4.79 Å². The van der Waals surface area contributed by atoms with Crippen molar-refractivity contribution in [1.82, 2.24) is 29.4 Å². The highest BCUT2D eigenvalue weighted by molar-refractivity contribution is 6.04. The van der Waals surface area contributed by atoms with Crippen molar-refractivity contribution in [3.63, 3.8) is 0 Å². The Morgan fingerprint density at radius 1 is 1.19 bits per heavy atom. The summed E-state index contributed by atoms with van der Waals surface area (Å²) in [7, 11) is 2.01. The molecule has 2 aliphatic heterocycles. The first kappa shape index (κ1) is 23.6. The van der Waals surface area contributed by atoms with Gasteiger partial charge in [0.15, 0.2) is 11.6 Å². The third-order valence-electron chi connectivity index (χ3n) is 8.08. The number of amides is 1. The molecule has 10 heteroatoms. The van der Waals surface area contributed by atoms with E-state index in [1.54, 1.807) is 12.4 Å². The largest absolute Gasteiger partial charge is 0.482 e. The van der Waals surface area contributed by atoms with Crippen LogP contribution in [0.3, 0.4) is 0 Å². The maximum Gasteiger partial charge on any atom is 0.245 e. The average molecular weight is 502 g/mol. The van der Waals surface area contributed by atoms with Gasteiger partial charge in [0.25, 0.3) is 0 Å². The molecule has 192 valence electrons. The number of fused-ring (bicyclic) bond motifs is 1. The molecule has 2 saturated heterocycles. The molecule has 3 aliphatic rings. The molecule has 0 aromatic carbocycles. The minimum Gasteiger partial charge on any atom is -0.482 e. The Hall–Kier alpha value is -3.79. The lowest BCUT2D eigenvalue weighted by Crippen LogP contribution is -2.43. The zero-order chi connectivity index (χ0) is 25.6. The van der Waals surface area contributed by atoms with E-state index in [4.69, 9.17) is 15.2 Å². The van der Waals surface area contributed by atoms with Gasteiger partial charge in [-0.3, -0.25) is 4.79 Å². The van der Waals surface area contributed by atoms with Gasteiger partial charge in [0, 0.05) is 20.1 Å². The fraction of sp³-hybridized carbons (Fsp3) is 0.444. The number of nitrogens with zero attached hydrogens (tertiary/aromatic N) is 6. The van der Waals surface area contributed by atoms with Crippen molar-refractivity contribution in [3.8, 4) is 17.1 Å². The number of hydrogen-bond donors (Lipinski definition) is 1. The lowest BCUT2D eigenvalue weighted by Gasteiger charge is -2.43. The number of aryl methyl sites for hydroxylation is 1. The van der Waals surface area contributed by atoms with Crippen LogP contribution in [0.1, 0.15) is 37.8 Å². The number of piperidine rings is 1. The summed E-state index contributed by atoms with van der Waals surface area (Å²) in [4.78, 5) is 32.1. The molecule has 1 spiro atoms. The van der Waals surface area contributed by atoms with Crippen molar-refractivity contribution >= 4 is 28.3 Å². The first-order valence-electron chi connectivity index (χ1n) is 12.7. The minimum absolute atomic E-state index is 0.0261. The predicted molar refractivity (Wildman–Crippen MR) is 139 cm³/mol. The Morgan fingerprint density at radius 3 is 2.57 bits per heavy atom. The molecule has 37 heavy (non-hydrogen) atoms. The Kier molecular flexibility index (Phi) is 5.91. The van der Waals surface area contributed by atoms with Crippen LogP contribution in [0.4, 0.5) is 5.82 Å². The lowest BCUT2D eigenvalue weighted by atomic mass is 9.68. The summed E-state index contributed by atoms with van der Waals surface area (Å²) in [5.41, 5.74) is 10.5. The van der Waals surface area contributed by atoms with Crippen LogP contribution in [0.2, 0.25) is 0 Å². The molecule has 0 unspecified atom stereocenters.